The summed E-state index contributed by atoms with van der Waals surface area (Å²) in [5.74, 6) is -3.16. The van der Waals surface area contributed by atoms with Gasteiger partial charge in [-0.05, 0) is 24.6 Å². The van der Waals surface area contributed by atoms with Crippen LogP contribution in [0, 0.1) is 18.6 Å². The predicted octanol–water partition coefficient (Wildman–Crippen LogP) is 6.26. The molecule has 10 heteroatoms. The highest BCUT2D eigenvalue weighted by Gasteiger charge is 2.30. The van der Waals surface area contributed by atoms with Crippen molar-refractivity contribution in [3.05, 3.63) is 75.7 Å². The molecule has 0 saturated carbocycles. The zero-order chi connectivity index (χ0) is 23.3. The number of thiophene rings is 1. The highest BCUT2D eigenvalue weighted by atomic mass is 32.1. The molecule has 3 aromatic rings. The van der Waals surface area contributed by atoms with Gasteiger partial charge in [0.1, 0.15) is 16.9 Å². The van der Waals surface area contributed by atoms with Crippen LogP contribution in [0.25, 0.3) is 11.1 Å². The van der Waals surface area contributed by atoms with Gasteiger partial charge in [0.05, 0.1) is 5.56 Å². The third-order valence-electron chi connectivity index (χ3n) is 4.15. The molecule has 0 fully saturated rings. The number of hydrogen-bond donors (Lipinski definition) is 2. The van der Waals surface area contributed by atoms with Gasteiger partial charge in [-0.3, -0.25) is 4.79 Å². The number of anilines is 1. The van der Waals surface area contributed by atoms with E-state index in [0.29, 0.717) is 11.3 Å². The molecule has 0 aliphatic heterocycles. The first kappa shape index (κ1) is 24.0. The third-order valence-corrected chi connectivity index (χ3v) is 5.15. The van der Waals surface area contributed by atoms with Gasteiger partial charge in [0.2, 0.25) is 0 Å². The molecule has 0 aliphatic carbocycles. The molecule has 0 bridgehead atoms. The monoisotopic (exact) mass is 457 g/mol. The van der Waals surface area contributed by atoms with Gasteiger partial charge in [0.25, 0.3) is 0 Å². The van der Waals surface area contributed by atoms with Crippen LogP contribution >= 0.6 is 11.3 Å². The van der Waals surface area contributed by atoms with Crippen molar-refractivity contribution in [1.82, 2.24) is 0 Å². The maximum atomic E-state index is 13.9. The molecule has 0 spiro atoms. The van der Waals surface area contributed by atoms with E-state index in [0.717, 1.165) is 23.5 Å². The molecule has 1 heterocycles. The van der Waals surface area contributed by atoms with Crippen LogP contribution in [0.4, 0.5) is 27.0 Å². The van der Waals surface area contributed by atoms with Crippen molar-refractivity contribution in [2.24, 2.45) is 0 Å². The second kappa shape index (κ2) is 9.69. The van der Waals surface area contributed by atoms with E-state index in [9.17, 15) is 36.6 Å². The highest BCUT2D eigenvalue weighted by Crippen LogP contribution is 2.37. The van der Waals surface area contributed by atoms with E-state index < -0.39 is 29.3 Å². The Kier molecular flexibility index (Phi) is 7.50. The Bertz CT molecular complexity index is 1110. The van der Waals surface area contributed by atoms with Gasteiger partial charge >= 0.3 is 12.1 Å². The van der Waals surface area contributed by atoms with E-state index in [1.807, 2.05) is 0 Å². The molecule has 4 nitrogen and oxygen atoms in total. The van der Waals surface area contributed by atoms with Crippen molar-refractivity contribution < 1.29 is 36.6 Å². The zero-order valence-electron chi connectivity index (χ0n) is 16.2. The Labute approximate surface area is 178 Å². The molecular weight excluding hydrogens is 441 g/mol. The average molecular weight is 457 g/mol. The normalized spacial score (nSPS) is 10.8. The number of hydrogen-bond acceptors (Lipinski definition) is 4. The van der Waals surface area contributed by atoms with E-state index in [1.165, 1.54) is 36.6 Å². The van der Waals surface area contributed by atoms with Gasteiger partial charge in [-0.1, -0.05) is 24.3 Å². The van der Waals surface area contributed by atoms with Crippen molar-refractivity contribution in [2.75, 3.05) is 12.4 Å². The number of nitrogens with one attached hydrogen (secondary N) is 1. The topological polar surface area (TPSA) is 66.4 Å². The fourth-order valence-electron chi connectivity index (χ4n) is 2.59. The van der Waals surface area contributed by atoms with Crippen molar-refractivity contribution in [1.29, 1.82) is 0 Å². The lowest BCUT2D eigenvalue weighted by Gasteiger charge is -2.06. The lowest BCUT2D eigenvalue weighted by Crippen LogP contribution is -2.04. The molecule has 164 valence electrons. The van der Waals surface area contributed by atoms with E-state index in [-0.39, 0.29) is 27.8 Å². The molecular formula is C21H16F5NO3S. The molecule has 0 saturated heterocycles. The number of rotatable bonds is 4. The molecule has 0 radical (unpaired) electrons. The largest absolute Gasteiger partial charge is 0.478 e. The SMILES string of the molecule is CNc1scc(-c2ccc(C)c(F)c2F)c1C(=O)O.O=Cc1cccc(C(F)(F)F)c1. The fourth-order valence-corrected chi connectivity index (χ4v) is 3.51. The standard InChI is InChI=1S/C13H11F2NO2S.C8H5F3O/c1-6-3-4-7(11(15)10(6)14)8-5-19-12(16-2)9(8)13(17)18;9-8(10,11)7-3-1-2-6(4-7)5-12/h3-5,16H,1-2H3,(H,17,18);1-5H. The first-order chi connectivity index (χ1) is 14.5. The lowest BCUT2D eigenvalue weighted by atomic mass is 10.0. The smallest absolute Gasteiger partial charge is 0.416 e. The van der Waals surface area contributed by atoms with E-state index in [2.05, 4.69) is 5.32 Å². The highest BCUT2D eigenvalue weighted by molar-refractivity contribution is 7.15. The summed E-state index contributed by atoms with van der Waals surface area (Å²) < 4.78 is 63.4. The van der Waals surface area contributed by atoms with Crippen LogP contribution < -0.4 is 5.32 Å². The van der Waals surface area contributed by atoms with Gasteiger partial charge in [-0.25, -0.2) is 13.6 Å². The van der Waals surface area contributed by atoms with Gasteiger partial charge in [-0.15, -0.1) is 11.3 Å². The summed E-state index contributed by atoms with van der Waals surface area (Å²) >= 11 is 1.14. The number of carbonyl (C=O) groups excluding carboxylic acids is 1. The van der Waals surface area contributed by atoms with Gasteiger partial charge in [0.15, 0.2) is 11.6 Å². The molecule has 2 aromatic carbocycles. The molecule has 0 unspecified atom stereocenters. The molecule has 3 rings (SSSR count). The Morgan fingerprint density at radius 3 is 2.32 bits per heavy atom. The number of benzene rings is 2. The second-order valence-corrected chi connectivity index (χ2v) is 7.09. The average Bonchev–Trinajstić information content (AvgIpc) is 3.16. The third kappa shape index (κ3) is 5.46. The zero-order valence-corrected chi connectivity index (χ0v) is 17.0. The minimum absolute atomic E-state index is 0.0322. The fraction of sp³-hybridized carbons (Fsp3) is 0.143. The van der Waals surface area contributed by atoms with Crippen LogP contribution in [0.5, 0.6) is 0 Å². The maximum Gasteiger partial charge on any atom is 0.416 e. The minimum atomic E-state index is -4.38. The molecule has 0 atom stereocenters. The number of carboxylic acids is 1. The quantitative estimate of drug-likeness (QED) is 0.359. The van der Waals surface area contributed by atoms with E-state index >= 15 is 0 Å². The van der Waals surface area contributed by atoms with E-state index in [4.69, 9.17) is 0 Å². The van der Waals surface area contributed by atoms with Crippen LogP contribution in [0.15, 0.2) is 41.8 Å². The van der Waals surface area contributed by atoms with Crippen LogP contribution in [-0.2, 0) is 6.18 Å². The number of aldehydes is 1. The summed E-state index contributed by atoms with van der Waals surface area (Å²) in [5, 5.41) is 13.8. The summed E-state index contributed by atoms with van der Waals surface area (Å²) in [6.07, 6.45) is -3.99. The Morgan fingerprint density at radius 2 is 1.77 bits per heavy atom. The summed E-state index contributed by atoms with van der Waals surface area (Å²) in [4.78, 5) is 21.4. The number of aryl methyl sites for hydroxylation is 1. The van der Waals surface area contributed by atoms with Gasteiger partial charge < -0.3 is 10.4 Å². The van der Waals surface area contributed by atoms with Crippen molar-refractivity contribution in [3.8, 4) is 11.1 Å². The van der Waals surface area contributed by atoms with Crippen LogP contribution in [0.2, 0.25) is 0 Å². The maximum absolute atomic E-state index is 13.9. The summed E-state index contributed by atoms with van der Waals surface area (Å²) in [5.41, 5.74) is -0.495. The number of carboxylic acid groups (broad SMARTS) is 1. The van der Waals surface area contributed by atoms with Crippen LogP contribution in [0.3, 0.4) is 0 Å². The molecule has 1 aromatic heterocycles. The Balaban J connectivity index is 0.000000245. The van der Waals surface area contributed by atoms with E-state index in [1.54, 1.807) is 7.05 Å². The van der Waals surface area contributed by atoms with Crippen molar-refractivity contribution in [3.63, 3.8) is 0 Å². The van der Waals surface area contributed by atoms with Crippen molar-refractivity contribution in [2.45, 2.75) is 13.1 Å². The number of halogens is 5. The van der Waals surface area contributed by atoms with Crippen molar-refractivity contribution >= 4 is 28.6 Å². The summed E-state index contributed by atoms with van der Waals surface area (Å²) in [6.45, 7) is 1.45. The molecule has 31 heavy (non-hydrogen) atoms. The molecule has 2 N–H and O–H groups in total. The van der Waals surface area contributed by atoms with Gasteiger partial charge in [-0.2, -0.15) is 13.2 Å². The number of carbonyl (C=O) groups is 2. The Hall–Kier alpha value is -3.27. The first-order valence-corrected chi connectivity index (χ1v) is 9.49. The van der Waals surface area contributed by atoms with Crippen LogP contribution in [0.1, 0.15) is 31.8 Å². The minimum Gasteiger partial charge on any atom is -0.478 e. The first-order valence-electron chi connectivity index (χ1n) is 8.61. The lowest BCUT2D eigenvalue weighted by molar-refractivity contribution is -0.137. The van der Waals surface area contributed by atoms with Crippen LogP contribution in [-0.4, -0.2) is 24.4 Å². The molecule has 0 aliphatic rings. The Morgan fingerprint density at radius 1 is 1.10 bits per heavy atom. The number of aromatic carboxylic acids is 1. The summed E-state index contributed by atoms with van der Waals surface area (Å²) in [6, 6.07) is 7.08. The molecule has 0 amide bonds. The number of alkyl halides is 3. The second-order valence-electron chi connectivity index (χ2n) is 6.21. The predicted molar refractivity (Wildman–Crippen MR) is 108 cm³/mol. The summed E-state index contributed by atoms with van der Waals surface area (Å²) in [7, 11) is 1.58. The van der Waals surface area contributed by atoms with Gasteiger partial charge in [0, 0.05) is 29.1 Å².